The molecule has 4 heterocycles. The van der Waals surface area contributed by atoms with Gasteiger partial charge in [-0.1, -0.05) is 12.1 Å². The molecule has 0 aliphatic carbocycles. The van der Waals surface area contributed by atoms with Crippen molar-refractivity contribution in [1.82, 2.24) is 19.9 Å². The first-order valence-electron chi connectivity index (χ1n) is 14.0. The Balaban J connectivity index is 1.36. The Morgan fingerprint density at radius 3 is 2.47 bits per heavy atom. The van der Waals surface area contributed by atoms with E-state index in [1.807, 2.05) is 37.3 Å². The van der Waals surface area contributed by atoms with Gasteiger partial charge in [0.05, 0.1) is 38.3 Å². The van der Waals surface area contributed by atoms with Crippen LogP contribution < -0.4 is 29.5 Å². The maximum absolute atomic E-state index is 14.2. The van der Waals surface area contributed by atoms with Crippen molar-refractivity contribution in [3.8, 4) is 11.5 Å². The van der Waals surface area contributed by atoms with E-state index in [1.165, 1.54) is 4.90 Å². The second-order valence-electron chi connectivity index (χ2n) is 10.5. The lowest BCUT2D eigenvalue weighted by Gasteiger charge is -2.36. The number of amides is 2. The van der Waals surface area contributed by atoms with E-state index < -0.39 is 0 Å². The molecule has 2 aliphatic heterocycles. The Morgan fingerprint density at radius 1 is 0.953 bits per heavy atom. The van der Waals surface area contributed by atoms with E-state index in [-0.39, 0.29) is 6.03 Å². The van der Waals surface area contributed by atoms with E-state index in [2.05, 4.69) is 54.1 Å². The molecule has 1 fully saturated rings. The number of pyridine rings is 1. The molecular weight excluding hydrogens is 612 g/mol. The summed E-state index contributed by atoms with van der Waals surface area (Å²) in [5.41, 5.74) is 4.34. The summed E-state index contributed by atoms with van der Waals surface area (Å²) in [6, 6.07) is 15.2. The third-order valence-electron chi connectivity index (χ3n) is 7.75. The molecule has 43 heavy (non-hydrogen) atoms. The molecule has 2 amide bonds. The predicted octanol–water partition coefficient (Wildman–Crippen LogP) is 5.73. The minimum Gasteiger partial charge on any atom is -0.495 e. The van der Waals surface area contributed by atoms with Crippen LogP contribution in [0.5, 0.6) is 11.5 Å². The van der Waals surface area contributed by atoms with Crippen LogP contribution in [0.2, 0.25) is 0 Å². The number of carbonyl (C=O) groups is 1. The number of halogens is 1. The second-order valence-corrected chi connectivity index (χ2v) is 11.4. The highest BCUT2D eigenvalue weighted by Gasteiger charge is 2.36. The molecule has 1 N–H and O–H groups in total. The third-order valence-corrected chi connectivity index (χ3v) is 8.39. The van der Waals surface area contributed by atoms with Crippen molar-refractivity contribution in [3.63, 3.8) is 0 Å². The Hall–Kier alpha value is -4.42. The predicted molar refractivity (Wildman–Crippen MR) is 171 cm³/mol. The molecule has 6 rings (SSSR count). The molecule has 0 radical (unpaired) electrons. The molecule has 11 nitrogen and oxygen atoms in total. The largest absolute Gasteiger partial charge is 0.495 e. The number of likely N-dealkylation sites (N-methyl/N-ethyl adjacent to an activating group) is 1. The molecule has 2 aromatic heterocycles. The highest BCUT2D eigenvalue weighted by atomic mass is 79.9. The van der Waals surface area contributed by atoms with Gasteiger partial charge in [0.15, 0.2) is 5.82 Å². The number of methoxy groups -OCH3 is 2. The minimum atomic E-state index is -0.279. The average molecular weight is 646 g/mol. The summed E-state index contributed by atoms with van der Waals surface area (Å²) < 4.78 is 11.9. The number of aromatic nitrogens is 3. The zero-order chi connectivity index (χ0) is 30.1. The van der Waals surface area contributed by atoms with Crippen molar-refractivity contribution in [2.75, 3.05) is 67.5 Å². The Bertz CT molecular complexity index is 1620. The van der Waals surface area contributed by atoms with Gasteiger partial charge in [0.25, 0.3) is 0 Å². The van der Waals surface area contributed by atoms with Crippen molar-refractivity contribution < 1.29 is 14.3 Å². The zero-order valence-electron chi connectivity index (χ0n) is 24.5. The van der Waals surface area contributed by atoms with Gasteiger partial charge >= 0.3 is 6.03 Å². The molecule has 0 atom stereocenters. The maximum atomic E-state index is 14.2. The average Bonchev–Trinajstić information content (AvgIpc) is 3.02. The highest BCUT2D eigenvalue weighted by Crippen LogP contribution is 2.40. The highest BCUT2D eigenvalue weighted by molar-refractivity contribution is 9.10. The second kappa shape index (κ2) is 12.1. The molecule has 0 spiro atoms. The standard InChI is InChI=1S/C31H33BrN8O3/c1-20-6-5-7-24(32)28(20)39-19-21-17-34-30(36-29(21)40(31(39)41)27-11-9-23(42-3)18-33-27)35-25-10-8-22(16-26(25)43-4)38-14-12-37(2)13-15-38/h5-11,16-18H,12-15,19H2,1-4H3,(H,34,35,36). The number of hydrogen-bond acceptors (Lipinski definition) is 9. The van der Waals surface area contributed by atoms with E-state index in [9.17, 15) is 4.79 Å². The minimum absolute atomic E-state index is 0.279. The smallest absolute Gasteiger partial charge is 0.336 e. The molecule has 2 aromatic carbocycles. The Kier molecular flexibility index (Phi) is 8.04. The monoisotopic (exact) mass is 644 g/mol. The molecule has 0 bridgehead atoms. The van der Waals surface area contributed by atoms with E-state index in [0.717, 1.165) is 58.8 Å². The van der Waals surface area contributed by atoms with Crippen LogP contribution >= 0.6 is 15.9 Å². The van der Waals surface area contributed by atoms with Gasteiger partial charge in [-0.2, -0.15) is 4.98 Å². The maximum Gasteiger partial charge on any atom is 0.336 e. The number of piperazine rings is 1. The first kappa shape index (κ1) is 28.7. The summed E-state index contributed by atoms with van der Waals surface area (Å²) in [7, 11) is 5.37. The van der Waals surface area contributed by atoms with E-state index >= 15 is 0 Å². The fourth-order valence-electron chi connectivity index (χ4n) is 5.35. The van der Waals surface area contributed by atoms with Crippen LogP contribution in [0.3, 0.4) is 0 Å². The topological polar surface area (TPSA) is 99.2 Å². The summed E-state index contributed by atoms with van der Waals surface area (Å²) in [5.74, 6) is 2.47. The summed E-state index contributed by atoms with van der Waals surface area (Å²) in [6.45, 7) is 6.22. The van der Waals surface area contributed by atoms with Gasteiger partial charge in [-0.25, -0.2) is 19.7 Å². The molecular formula is C31H33BrN8O3. The lowest BCUT2D eigenvalue weighted by molar-refractivity contribution is 0.252. The first-order chi connectivity index (χ1) is 20.9. The van der Waals surface area contributed by atoms with Crippen LogP contribution in [0.15, 0.2) is 65.4 Å². The number of hydrogen-bond donors (Lipinski definition) is 1. The van der Waals surface area contributed by atoms with Crippen LogP contribution in [0.1, 0.15) is 11.1 Å². The van der Waals surface area contributed by atoms with Gasteiger partial charge < -0.3 is 24.6 Å². The van der Waals surface area contributed by atoms with Crippen LogP contribution in [-0.2, 0) is 6.54 Å². The van der Waals surface area contributed by atoms with Crippen LogP contribution in [-0.4, -0.2) is 73.3 Å². The SMILES string of the molecule is COc1ccc(N2C(=O)N(c3c(C)cccc3Br)Cc3cnc(Nc4ccc(N5CCN(C)CC5)cc4OC)nc32)nc1. The van der Waals surface area contributed by atoms with Crippen LogP contribution in [0.4, 0.5) is 39.4 Å². The summed E-state index contributed by atoms with van der Waals surface area (Å²) in [6.07, 6.45) is 3.33. The number of carbonyl (C=O) groups excluding carboxylic acids is 1. The number of ether oxygens (including phenoxy) is 2. The van der Waals surface area contributed by atoms with Crippen LogP contribution in [0, 0.1) is 6.92 Å². The number of fused-ring (bicyclic) bond motifs is 1. The van der Waals surface area contributed by atoms with Gasteiger partial charge in [-0.05, 0) is 65.8 Å². The Morgan fingerprint density at radius 2 is 1.77 bits per heavy atom. The molecule has 0 saturated carbocycles. The van der Waals surface area contributed by atoms with Crippen molar-refractivity contribution in [3.05, 3.63) is 76.5 Å². The van der Waals surface area contributed by atoms with Crippen LogP contribution in [0.25, 0.3) is 0 Å². The number of nitrogens with one attached hydrogen (secondary N) is 1. The summed E-state index contributed by atoms with van der Waals surface area (Å²) >= 11 is 3.64. The number of para-hydroxylation sites is 1. The fourth-order valence-corrected chi connectivity index (χ4v) is 6.03. The fraction of sp³-hybridized carbons (Fsp3) is 0.290. The molecule has 1 saturated heterocycles. The van der Waals surface area contributed by atoms with Gasteiger partial charge in [0, 0.05) is 54.2 Å². The molecule has 0 unspecified atom stereocenters. The van der Waals surface area contributed by atoms with Crippen molar-refractivity contribution in [1.29, 1.82) is 0 Å². The molecule has 222 valence electrons. The van der Waals surface area contributed by atoms with Gasteiger partial charge in [-0.3, -0.25) is 4.90 Å². The third kappa shape index (κ3) is 5.67. The number of nitrogens with zero attached hydrogens (tertiary/aromatic N) is 7. The van der Waals surface area contributed by atoms with Crippen molar-refractivity contribution in [2.45, 2.75) is 13.5 Å². The zero-order valence-corrected chi connectivity index (χ0v) is 26.1. The Labute approximate surface area is 259 Å². The number of urea groups is 1. The molecule has 12 heteroatoms. The first-order valence-corrected chi connectivity index (χ1v) is 14.8. The number of benzene rings is 2. The van der Waals surface area contributed by atoms with Gasteiger partial charge in [-0.15, -0.1) is 0 Å². The van der Waals surface area contributed by atoms with Crippen molar-refractivity contribution >= 4 is 56.6 Å². The molecule has 4 aromatic rings. The lowest BCUT2D eigenvalue weighted by atomic mass is 10.1. The lowest BCUT2D eigenvalue weighted by Crippen LogP contribution is -2.46. The van der Waals surface area contributed by atoms with E-state index in [0.29, 0.717) is 35.6 Å². The number of rotatable bonds is 7. The van der Waals surface area contributed by atoms with Gasteiger partial charge in [0.2, 0.25) is 5.95 Å². The van der Waals surface area contributed by atoms with E-state index in [1.54, 1.807) is 43.6 Å². The van der Waals surface area contributed by atoms with Gasteiger partial charge in [0.1, 0.15) is 17.3 Å². The normalized spacial score (nSPS) is 15.4. The quantitative estimate of drug-likeness (QED) is 0.270. The van der Waals surface area contributed by atoms with Crippen molar-refractivity contribution in [2.24, 2.45) is 0 Å². The summed E-state index contributed by atoms with van der Waals surface area (Å²) in [5, 5.41) is 3.30. The summed E-state index contributed by atoms with van der Waals surface area (Å²) in [4.78, 5) is 36.1. The molecule has 2 aliphatic rings. The number of aryl methyl sites for hydroxylation is 1. The van der Waals surface area contributed by atoms with E-state index in [4.69, 9.17) is 14.5 Å². The number of anilines is 6.